The third kappa shape index (κ3) is 2.63. The SMILES string of the molecule is O=C(NCC1(C(=O)O)CCCC1)c1ccc([N+](=O)[O-])o1. The summed E-state index contributed by atoms with van der Waals surface area (Å²) in [6.07, 6.45) is 2.66. The minimum atomic E-state index is -0.936. The van der Waals surface area contributed by atoms with Crippen molar-refractivity contribution in [2.75, 3.05) is 6.54 Å². The van der Waals surface area contributed by atoms with Gasteiger partial charge in [0.1, 0.15) is 4.92 Å². The molecule has 0 saturated heterocycles. The number of carbonyl (C=O) groups excluding carboxylic acids is 1. The maximum atomic E-state index is 11.8. The topological polar surface area (TPSA) is 123 Å². The molecule has 0 aromatic carbocycles. The van der Waals surface area contributed by atoms with Crippen molar-refractivity contribution in [2.45, 2.75) is 25.7 Å². The summed E-state index contributed by atoms with van der Waals surface area (Å²) in [6, 6.07) is 2.27. The lowest BCUT2D eigenvalue weighted by Gasteiger charge is -2.23. The summed E-state index contributed by atoms with van der Waals surface area (Å²) in [5.74, 6) is -2.30. The van der Waals surface area contributed by atoms with Crippen molar-refractivity contribution >= 4 is 17.8 Å². The predicted molar refractivity (Wildman–Crippen MR) is 66.2 cm³/mol. The van der Waals surface area contributed by atoms with E-state index < -0.39 is 28.1 Å². The summed E-state index contributed by atoms with van der Waals surface area (Å²) in [4.78, 5) is 32.8. The Morgan fingerprint density at radius 3 is 2.55 bits per heavy atom. The van der Waals surface area contributed by atoms with Crippen molar-refractivity contribution in [1.82, 2.24) is 5.32 Å². The highest BCUT2D eigenvalue weighted by molar-refractivity contribution is 5.92. The summed E-state index contributed by atoms with van der Waals surface area (Å²) in [6.45, 7) is -0.00430. The van der Waals surface area contributed by atoms with E-state index in [1.54, 1.807) is 0 Å². The molecule has 0 aliphatic heterocycles. The Morgan fingerprint density at radius 2 is 2.05 bits per heavy atom. The molecule has 8 heteroatoms. The number of carbonyl (C=O) groups is 2. The Hall–Kier alpha value is -2.38. The first-order valence-electron chi connectivity index (χ1n) is 6.20. The highest BCUT2D eigenvalue weighted by Gasteiger charge is 2.41. The van der Waals surface area contributed by atoms with E-state index in [1.165, 1.54) is 6.07 Å². The lowest BCUT2D eigenvalue weighted by molar-refractivity contribution is -0.402. The fraction of sp³-hybridized carbons (Fsp3) is 0.500. The van der Waals surface area contributed by atoms with Crippen molar-refractivity contribution in [2.24, 2.45) is 5.41 Å². The highest BCUT2D eigenvalue weighted by atomic mass is 16.6. The molecule has 8 nitrogen and oxygen atoms in total. The number of nitro groups is 1. The molecule has 2 N–H and O–H groups in total. The van der Waals surface area contributed by atoms with Crippen molar-refractivity contribution in [3.8, 4) is 0 Å². The summed E-state index contributed by atoms with van der Waals surface area (Å²) in [5, 5.41) is 22.2. The van der Waals surface area contributed by atoms with Crippen LogP contribution >= 0.6 is 0 Å². The molecule has 0 unspecified atom stereocenters. The first-order valence-corrected chi connectivity index (χ1v) is 6.20. The average Bonchev–Trinajstić information content (AvgIpc) is 3.06. The molecule has 0 radical (unpaired) electrons. The van der Waals surface area contributed by atoms with Crippen LogP contribution in [-0.2, 0) is 4.79 Å². The summed E-state index contributed by atoms with van der Waals surface area (Å²) in [5.41, 5.74) is -0.936. The Morgan fingerprint density at radius 1 is 1.40 bits per heavy atom. The zero-order valence-electron chi connectivity index (χ0n) is 10.6. The molecule has 0 atom stereocenters. The number of amides is 1. The Labute approximate surface area is 113 Å². The minimum Gasteiger partial charge on any atom is -0.481 e. The quantitative estimate of drug-likeness (QED) is 0.624. The molecule has 1 aromatic rings. The molecule has 1 aliphatic rings. The van der Waals surface area contributed by atoms with Gasteiger partial charge in [0.25, 0.3) is 5.91 Å². The van der Waals surface area contributed by atoms with Gasteiger partial charge in [0.15, 0.2) is 5.76 Å². The zero-order valence-corrected chi connectivity index (χ0v) is 10.6. The second-order valence-electron chi connectivity index (χ2n) is 4.87. The van der Waals surface area contributed by atoms with Crippen molar-refractivity contribution in [1.29, 1.82) is 0 Å². The van der Waals surface area contributed by atoms with E-state index in [0.29, 0.717) is 12.8 Å². The smallest absolute Gasteiger partial charge is 0.433 e. The van der Waals surface area contributed by atoms with Crippen LogP contribution in [0.25, 0.3) is 0 Å². The number of furan rings is 1. The molecule has 1 aromatic heterocycles. The third-order valence-corrected chi connectivity index (χ3v) is 3.60. The van der Waals surface area contributed by atoms with Crippen LogP contribution in [0, 0.1) is 15.5 Å². The fourth-order valence-corrected chi connectivity index (χ4v) is 2.40. The van der Waals surface area contributed by atoms with Crippen LogP contribution in [0.4, 0.5) is 5.88 Å². The van der Waals surface area contributed by atoms with Crippen molar-refractivity contribution in [3.05, 3.63) is 28.0 Å². The van der Waals surface area contributed by atoms with Gasteiger partial charge in [-0.3, -0.25) is 19.7 Å². The number of carboxylic acid groups (broad SMARTS) is 1. The van der Waals surface area contributed by atoms with E-state index in [0.717, 1.165) is 18.9 Å². The Kier molecular flexibility index (Phi) is 3.73. The number of hydrogen-bond donors (Lipinski definition) is 2. The predicted octanol–water partition coefficient (Wildman–Crippen LogP) is 1.56. The van der Waals surface area contributed by atoms with Crippen LogP contribution in [0.5, 0.6) is 0 Å². The van der Waals surface area contributed by atoms with Gasteiger partial charge < -0.3 is 14.8 Å². The molecule has 1 heterocycles. The monoisotopic (exact) mass is 282 g/mol. The molecule has 1 amide bonds. The molecular formula is C12H14N2O6. The van der Waals surface area contributed by atoms with Crippen LogP contribution in [0.3, 0.4) is 0 Å². The minimum absolute atomic E-state index is 0.00430. The fourth-order valence-electron chi connectivity index (χ4n) is 2.40. The van der Waals surface area contributed by atoms with Gasteiger partial charge in [-0.25, -0.2) is 0 Å². The van der Waals surface area contributed by atoms with Crippen LogP contribution in [0.1, 0.15) is 36.2 Å². The molecule has 108 valence electrons. The lowest BCUT2D eigenvalue weighted by atomic mass is 9.86. The van der Waals surface area contributed by atoms with Gasteiger partial charge >= 0.3 is 11.9 Å². The normalized spacial score (nSPS) is 16.8. The molecule has 1 aliphatic carbocycles. The standard InChI is InChI=1S/C12H14N2O6/c15-10(8-3-4-9(20-8)14(18)19)13-7-12(11(16)17)5-1-2-6-12/h3-4H,1-2,5-7H2,(H,13,15)(H,16,17). The number of aliphatic carboxylic acids is 1. The molecular weight excluding hydrogens is 268 g/mol. The number of carboxylic acids is 1. The molecule has 0 bridgehead atoms. The second kappa shape index (κ2) is 5.32. The second-order valence-corrected chi connectivity index (χ2v) is 4.87. The van der Waals surface area contributed by atoms with Crippen molar-refractivity contribution in [3.63, 3.8) is 0 Å². The summed E-state index contributed by atoms with van der Waals surface area (Å²) < 4.78 is 4.76. The van der Waals surface area contributed by atoms with E-state index in [-0.39, 0.29) is 12.3 Å². The van der Waals surface area contributed by atoms with Crippen LogP contribution < -0.4 is 5.32 Å². The average molecular weight is 282 g/mol. The van der Waals surface area contributed by atoms with Crippen LogP contribution in [-0.4, -0.2) is 28.5 Å². The van der Waals surface area contributed by atoms with Gasteiger partial charge in [0.2, 0.25) is 0 Å². The molecule has 0 spiro atoms. The van der Waals surface area contributed by atoms with Gasteiger partial charge in [-0.2, -0.15) is 0 Å². The first kappa shape index (κ1) is 14.0. The van der Waals surface area contributed by atoms with Gasteiger partial charge in [-0.05, 0) is 18.9 Å². The maximum Gasteiger partial charge on any atom is 0.433 e. The van der Waals surface area contributed by atoms with Crippen LogP contribution in [0.15, 0.2) is 16.5 Å². The lowest BCUT2D eigenvalue weighted by Crippen LogP contribution is -2.41. The van der Waals surface area contributed by atoms with Gasteiger partial charge in [0.05, 0.1) is 11.5 Å². The van der Waals surface area contributed by atoms with Gasteiger partial charge in [-0.15, -0.1) is 0 Å². The summed E-state index contributed by atoms with van der Waals surface area (Å²) >= 11 is 0. The third-order valence-electron chi connectivity index (χ3n) is 3.60. The maximum absolute atomic E-state index is 11.8. The number of hydrogen-bond acceptors (Lipinski definition) is 5. The number of rotatable bonds is 5. The van der Waals surface area contributed by atoms with E-state index >= 15 is 0 Å². The van der Waals surface area contributed by atoms with E-state index in [1.807, 2.05) is 0 Å². The van der Waals surface area contributed by atoms with Gasteiger partial charge in [-0.1, -0.05) is 12.8 Å². The van der Waals surface area contributed by atoms with Gasteiger partial charge in [0, 0.05) is 6.54 Å². The molecule has 1 fully saturated rings. The Balaban J connectivity index is 2.00. The molecule has 20 heavy (non-hydrogen) atoms. The van der Waals surface area contributed by atoms with E-state index in [4.69, 9.17) is 4.42 Å². The highest BCUT2D eigenvalue weighted by Crippen LogP contribution is 2.37. The van der Waals surface area contributed by atoms with Crippen LogP contribution in [0.2, 0.25) is 0 Å². The Bertz CT molecular complexity index is 544. The van der Waals surface area contributed by atoms with Crippen molar-refractivity contribution < 1.29 is 24.0 Å². The first-order chi connectivity index (χ1) is 9.44. The number of nitrogens with zero attached hydrogens (tertiary/aromatic N) is 1. The summed E-state index contributed by atoms with van der Waals surface area (Å²) in [7, 11) is 0. The largest absolute Gasteiger partial charge is 0.481 e. The number of nitrogens with one attached hydrogen (secondary N) is 1. The van der Waals surface area contributed by atoms with E-state index in [2.05, 4.69) is 5.32 Å². The molecule has 2 rings (SSSR count). The molecule has 1 saturated carbocycles. The zero-order chi connectivity index (χ0) is 14.8. The van der Waals surface area contributed by atoms with E-state index in [9.17, 15) is 24.8 Å².